The van der Waals surface area contributed by atoms with Crippen molar-refractivity contribution in [3.8, 4) is 5.75 Å². The number of halogens is 1. The Labute approximate surface area is 118 Å². The largest absolute Gasteiger partial charge is 0.496 e. The summed E-state index contributed by atoms with van der Waals surface area (Å²) in [5, 5.41) is 3.83. The highest BCUT2D eigenvalue weighted by Crippen LogP contribution is 2.23. The van der Waals surface area contributed by atoms with E-state index in [-0.39, 0.29) is 0 Å². The standard InChI is InChI=1S/C14H18ClN3O/c1-16-6-5-13-9-18(10-17-13)8-11-7-12(15)3-4-14(11)19-2/h3-4,7,9-10,16H,5-6,8H2,1-2H3. The van der Waals surface area contributed by atoms with Gasteiger partial charge in [0.15, 0.2) is 0 Å². The summed E-state index contributed by atoms with van der Waals surface area (Å²) in [7, 11) is 3.60. The fraction of sp³-hybridized carbons (Fsp3) is 0.357. The lowest BCUT2D eigenvalue weighted by atomic mass is 10.2. The third-order valence-electron chi connectivity index (χ3n) is 2.91. The van der Waals surface area contributed by atoms with Crippen molar-refractivity contribution < 1.29 is 4.74 Å². The summed E-state index contributed by atoms with van der Waals surface area (Å²) >= 11 is 6.03. The Morgan fingerprint density at radius 1 is 1.42 bits per heavy atom. The Kier molecular flexibility index (Phi) is 4.82. The van der Waals surface area contributed by atoms with E-state index >= 15 is 0 Å². The van der Waals surface area contributed by atoms with E-state index in [9.17, 15) is 0 Å². The van der Waals surface area contributed by atoms with Crippen LogP contribution in [0, 0.1) is 0 Å². The third kappa shape index (κ3) is 3.72. The molecular formula is C14H18ClN3O. The molecule has 0 bridgehead atoms. The van der Waals surface area contributed by atoms with E-state index < -0.39 is 0 Å². The second kappa shape index (κ2) is 6.59. The molecule has 19 heavy (non-hydrogen) atoms. The molecule has 0 saturated carbocycles. The van der Waals surface area contributed by atoms with Crippen molar-refractivity contribution in [2.24, 2.45) is 0 Å². The van der Waals surface area contributed by atoms with Crippen LogP contribution in [0.3, 0.4) is 0 Å². The topological polar surface area (TPSA) is 39.1 Å². The van der Waals surface area contributed by atoms with Crippen LogP contribution in [0.1, 0.15) is 11.3 Å². The molecule has 0 saturated heterocycles. The summed E-state index contributed by atoms with van der Waals surface area (Å²) in [4.78, 5) is 4.38. The summed E-state index contributed by atoms with van der Waals surface area (Å²) in [5.41, 5.74) is 2.13. The van der Waals surface area contributed by atoms with Gasteiger partial charge in [-0.1, -0.05) is 11.6 Å². The average molecular weight is 280 g/mol. The first-order valence-electron chi connectivity index (χ1n) is 6.20. The number of imidazole rings is 1. The first-order valence-corrected chi connectivity index (χ1v) is 6.58. The molecule has 0 spiro atoms. The molecule has 102 valence electrons. The smallest absolute Gasteiger partial charge is 0.123 e. The molecule has 0 aliphatic carbocycles. The first kappa shape index (κ1) is 13.9. The summed E-state index contributed by atoms with van der Waals surface area (Å²) in [6.07, 6.45) is 4.82. The number of benzene rings is 1. The van der Waals surface area contributed by atoms with Gasteiger partial charge in [-0.25, -0.2) is 4.98 Å². The first-order chi connectivity index (χ1) is 9.22. The molecule has 1 heterocycles. The van der Waals surface area contributed by atoms with Gasteiger partial charge < -0.3 is 14.6 Å². The number of hydrogen-bond acceptors (Lipinski definition) is 3. The number of aromatic nitrogens is 2. The number of hydrogen-bond donors (Lipinski definition) is 1. The van der Waals surface area contributed by atoms with Crippen molar-refractivity contribution in [1.82, 2.24) is 14.9 Å². The van der Waals surface area contributed by atoms with Gasteiger partial charge in [-0.3, -0.25) is 0 Å². The maximum atomic E-state index is 6.03. The van der Waals surface area contributed by atoms with E-state index in [2.05, 4.69) is 16.5 Å². The molecule has 2 rings (SSSR count). The molecule has 0 amide bonds. The van der Waals surface area contributed by atoms with Crippen molar-refractivity contribution in [3.05, 3.63) is 47.0 Å². The van der Waals surface area contributed by atoms with Crippen LogP contribution < -0.4 is 10.1 Å². The van der Waals surface area contributed by atoms with Crippen LogP contribution in [-0.2, 0) is 13.0 Å². The zero-order valence-corrected chi connectivity index (χ0v) is 11.9. The molecule has 0 atom stereocenters. The van der Waals surface area contributed by atoms with Crippen molar-refractivity contribution >= 4 is 11.6 Å². The van der Waals surface area contributed by atoms with Gasteiger partial charge in [0.2, 0.25) is 0 Å². The number of nitrogens with one attached hydrogen (secondary N) is 1. The van der Waals surface area contributed by atoms with Gasteiger partial charge in [-0.15, -0.1) is 0 Å². The van der Waals surface area contributed by atoms with Gasteiger partial charge in [0.1, 0.15) is 5.75 Å². The molecule has 4 nitrogen and oxygen atoms in total. The summed E-state index contributed by atoms with van der Waals surface area (Å²) < 4.78 is 7.38. The third-order valence-corrected chi connectivity index (χ3v) is 3.15. The maximum Gasteiger partial charge on any atom is 0.123 e. The molecule has 1 aromatic carbocycles. The highest BCUT2D eigenvalue weighted by Gasteiger charge is 2.06. The minimum atomic E-state index is 0.705. The molecule has 0 fully saturated rings. The lowest BCUT2D eigenvalue weighted by Crippen LogP contribution is -2.10. The summed E-state index contributed by atoms with van der Waals surface area (Å²) in [5.74, 6) is 0.842. The SMILES string of the molecule is CNCCc1cn(Cc2cc(Cl)ccc2OC)cn1. The zero-order valence-electron chi connectivity index (χ0n) is 11.2. The molecular weight excluding hydrogens is 262 g/mol. The van der Waals surface area contributed by atoms with Crippen LogP contribution in [0.15, 0.2) is 30.7 Å². The Hall–Kier alpha value is -1.52. The highest BCUT2D eigenvalue weighted by molar-refractivity contribution is 6.30. The van der Waals surface area contributed by atoms with Crippen LogP contribution in [0.2, 0.25) is 5.02 Å². The normalized spacial score (nSPS) is 10.7. The maximum absolute atomic E-state index is 6.03. The number of ether oxygens (including phenoxy) is 1. The van der Waals surface area contributed by atoms with Crippen LogP contribution in [0.25, 0.3) is 0 Å². The molecule has 0 aliphatic heterocycles. The van der Waals surface area contributed by atoms with Crippen molar-refractivity contribution in [2.75, 3.05) is 20.7 Å². The Morgan fingerprint density at radius 2 is 2.26 bits per heavy atom. The van der Waals surface area contributed by atoms with Crippen LogP contribution >= 0.6 is 11.6 Å². The lowest BCUT2D eigenvalue weighted by molar-refractivity contribution is 0.408. The Bertz CT molecular complexity index is 539. The van der Waals surface area contributed by atoms with Crippen molar-refractivity contribution in [3.63, 3.8) is 0 Å². The van der Waals surface area contributed by atoms with Gasteiger partial charge in [0, 0.05) is 29.7 Å². The molecule has 1 aromatic heterocycles. The monoisotopic (exact) mass is 279 g/mol. The van der Waals surface area contributed by atoms with E-state index in [1.54, 1.807) is 7.11 Å². The van der Waals surface area contributed by atoms with Gasteiger partial charge in [0.05, 0.1) is 25.7 Å². The van der Waals surface area contributed by atoms with E-state index in [1.165, 1.54) is 0 Å². The Morgan fingerprint density at radius 3 is 3.00 bits per heavy atom. The van der Waals surface area contributed by atoms with Gasteiger partial charge in [-0.2, -0.15) is 0 Å². The number of nitrogens with zero attached hydrogens (tertiary/aromatic N) is 2. The predicted molar refractivity (Wildman–Crippen MR) is 77.0 cm³/mol. The predicted octanol–water partition coefficient (Wildman–Crippen LogP) is 2.36. The van der Waals surface area contributed by atoms with Crippen molar-refractivity contribution in [2.45, 2.75) is 13.0 Å². The van der Waals surface area contributed by atoms with E-state index in [1.807, 2.05) is 36.1 Å². The minimum Gasteiger partial charge on any atom is -0.496 e. The van der Waals surface area contributed by atoms with Crippen LogP contribution in [0.4, 0.5) is 0 Å². The second-order valence-electron chi connectivity index (χ2n) is 4.35. The van der Waals surface area contributed by atoms with Gasteiger partial charge >= 0.3 is 0 Å². The highest BCUT2D eigenvalue weighted by atomic mass is 35.5. The molecule has 2 aromatic rings. The van der Waals surface area contributed by atoms with E-state index in [0.717, 1.165) is 30.0 Å². The van der Waals surface area contributed by atoms with E-state index in [4.69, 9.17) is 16.3 Å². The summed E-state index contributed by atoms with van der Waals surface area (Å²) in [6, 6.07) is 5.64. The fourth-order valence-corrected chi connectivity index (χ4v) is 2.14. The quantitative estimate of drug-likeness (QED) is 0.882. The Balaban J connectivity index is 2.12. The van der Waals surface area contributed by atoms with Gasteiger partial charge in [-0.05, 0) is 25.2 Å². The fourth-order valence-electron chi connectivity index (χ4n) is 1.94. The molecule has 0 unspecified atom stereocenters. The van der Waals surface area contributed by atoms with Crippen LogP contribution in [0.5, 0.6) is 5.75 Å². The lowest BCUT2D eigenvalue weighted by Gasteiger charge is -2.09. The van der Waals surface area contributed by atoms with E-state index in [0.29, 0.717) is 11.6 Å². The second-order valence-corrected chi connectivity index (χ2v) is 4.78. The molecule has 0 aliphatic rings. The number of rotatable bonds is 6. The summed E-state index contributed by atoms with van der Waals surface area (Å²) in [6.45, 7) is 1.63. The average Bonchev–Trinajstić information content (AvgIpc) is 2.84. The zero-order chi connectivity index (χ0) is 13.7. The molecule has 5 heteroatoms. The van der Waals surface area contributed by atoms with Gasteiger partial charge in [0.25, 0.3) is 0 Å². The van der Waals surface area contributed by atoms with Crippen LogP contribution in [-0.4, -0.2) is 30.3 Å². The molecule has 1 N–H and O–H groups in total. The number of likely N-dealkylation sites (N-methyl/N-ethyl adjacent to an activating group) is 1. The van der Waals surface area contributed by atoms with Crippen molar-refractivity contribution in [1.29, 1.82) is 0 Å². The minimum absolute atomic E-state index is 0.705. The molecule has 0 radical (unpaired) electrons. The number of methoxy groups -OCH3 is 1.